The van der Waals surface area contributed by atoms with Crippen LogP contribution in [0.25, 0.3) is 0 Å². The van der Waals surface area contributed by atoms with E-state index in [4.69, 9.17) is 18.7 Å². The normalized spacial score (nSPS) is 23.8. The Morgan fingerprint density at radius 2 is 0.968 bits per heavy atom. The zero-order valence-electron chi connectivity index (χ0n) is 56.1. The average Bonchev–Trinajstić information content (AvgIpc) is 1.61. The number of carbonyl (C=O) groups is 6. The second kappa shape index (κ2) is 28.8. The average molecular weight is 1320 g/mol. The number of likely N-dealkylation sites (tertiary alicyclic amines) is 5. The van der Waals surface area contributed by atoms with Crippen molar-refractivity contribution in [3.05, 3.63) is 107 Å². The zero-order valence-corrected chi connectivity index (χ0v) is 56.1. The minimum absolute atomic E-state index is 0.0893. The molecule has 11 heterocycles. The summed E-state index contributed by atoms with van der Waals surface area (Å²) in [4.78, 5) is 92.8. The number of hydrogen-bond acceptors (Lipinski definition) is 14. The molecule has 1 aromatic heterocycles. The van der Waals surface area contributed by atoms with Gasteiger partial charge in [-0.1, -0.05) is 24.2 Å². The van der Waals surface area contributed by atoms with Crippen LogP contribution in [0.1, 0.15) is 165 Å². The molecule has 14 rings (SSSR count). The van der Waals surface area contributed by atoms with Crippen molar-refractivity contribution in [3.8, 4) is 0 Å². The van der Waals surface area contributed by atoms with Crippen LogP contribution in [-0.2, 0) is 40.0 Å². The second-order valence-corrected chi connectivity index (χ2v) is 28.0. The highest BCUT2D eigenvalue weighted by Crippen LogP contribution is 2.52. The lowest BCUT2D eigenvalue weighted by Crippen LogP contribution is -2.55. The number of ether oxygens (including phenoxy) is 3. The van der Waals surface area contributed by atoms with Gasteiger partial charge in [0.25, 0.3) is 5.91 Å². The van der Waals surface area contributed by atoms with E-state index < -0.39 is 0 Å². The van der Waals surface area contributed by atoms with Crippen LogP contribution in [0.4, 0.5) is 44.6 Å². The molecule has 0 aliphatic carbocycles. The predicted octanol–water partition coefficient (Wildman–Crippen LogP) is 11.0. The van der Waals surface area contributed by atoms with Crippen molar-refractivity contribution >= 4 is 53.1 Å². The van der Waals surface area contributed by atoms with E-state index in [0.29, 0.717) is 82.8 Å². The van der Waals surface area contributed by atoms with E-state index in [0.717, 1.165) is 177 Å². The summed E-state index contributed by atoms with van der Waals surface area (Å²) in [5.74, 6) is -0.809. The highest BCUT2D eigenvalue weighted by molar-refractivity contribution is 6.06. The summed E-state index contributed by atoms with van der Waals surface area (Å²) in [5.41, 5.74) is 4.50. The van der Waals surface area contributed by atoms with E-state index >= 15 is 0 Å². The van der Waals surface area contributed by atoms with Gasteiger partial charge in [0.1, 0.15) is 17.5 Å². The molecule has 95 heavy (non-hydrogen) atoms. The fourth-order valence-corrected chi connectivity index (χ4v) is 17.9. The third kappa shape index (κ3) is 13.6. The lowest BCUT2D eigenvalue weighted by atomic mass is 9.73. The Morgan fingerprint density at radius 3 is 1.43 bits per heavy atom. The van der Waals surface area contributed by atoms with E-state index in [1.54, 1.807) is 56.0 Å². The number of aromatic nitrogens is 1. The van der Waals surface area contributed by atoms with Crippen LogP contribution >= 0.6 is 0 Å². The highest BCUT2D eigenvalue weighted by atomic mass is 19.1. The molecule has 0 radical (unpaired) electrons. The van der Waals surface area contributed by atoms with Gasteiger partial charge < -0.3 is 62.8 Å². The van der Waals surface area contributed by atoms with E-state index in [9.17, 15) is 41.9 Å². The Kier molecular flexibility index (Phi) is 20.6. The summed E-state index contributed by atoms with van der Waals surface area (Å²) >= 11 is 0. The molecule has 0 saturated carbocycles. The number of para-hydroxylation sites is 1. The Balaban J connectivity index is 0.000000137. The van der Waals surface area contributed by atoms with Crippen LogP contribution in [0.5, 0.6) is 0 Å². The van der Waals surface area contributed by atoms with Crippen molar-refractivity contribution in [1.29, 1.82) is 0 Å². The minimum Gasteiger partial charge on any atom is -0.450 e. The molecule has 2 atom stereocenters. The highest BCUT2D eigenvalue weighted by Gasteiger charge is 2.53. The molecule has 23 heteroatoms. The van der Waals surface area contributed by atoms with Gasteiger partial charge in [0.2, 0.25) is 17.6 Å². The van der Waals surface area contributed by atoms with Crippen LogP contribution < -0.4 is 14.7 Å². The van der Waals surface area contributed by atoms with E-state index in [2.05, 4.69) is 19.9 Å². The van der Waals surface area contributed by atoms with Gasteiger partial charge in [0, 0.05) is 123 Å². The molecule has 10 aliphatic heterocycles. The summed E-state index contributed by atoms with van der Waals surface area (Å²) < 4.78 is 63.6. The van der Waals surface area contributed by atoms with E-state index in [1.807, 2.05) is 43.6 Å². The topological polar surface area (TPSA) is 185 Å². The number of carbonyl (C=O) groups excluding carboxylic acids is 6. The summed E-state index contributed by atoms with van der Waals surface area (Å²) in [6.07, 6.45) is 15.5. The molecule has 7 saturated heterocycles. The molecule has 6 amide bonds. The summed E-state index contributed by atoms with van der Waals surface area (Å²) in [6, 6.07) is 18.3. The summed E-state index contributed by atoms with van der Waals surface area (Å²) in [7, 11) is 0. The van der Waals surface area contributed by atoms with Crippen molar-refractivity contribution in [1.82, 2.24) is 34.6 Å². The summed E-state index contributed by atoms with van der Waals surface area (Å²) in [6.45, 7) is 20.5. The number of nitrogens with zero attached hydrogens (tertiary/aromatic N) is 10. The van der Waals surface area contributed by atoms with Crippen LogP contribution in [0.15, 0.2) is 71.4 Å². The van der Waals surface area contributed by atoms with E-state index in [1.165, 1.54) is 31.3 Å². The van der Waals surface area contributed by atoms with Gasteiger partial charge in [-0.3, -0.25) is 14.4 Å². The lowest BCUT2D eigenvalue weighted by molar-refractivity contribution is -0.119. The molecule has 0 N–H and O–H groups in total. The molecule has 2 bridgehead atoms. The fourth-order valence-electron chi connectivity index (χ4n) is 17.9. The first-order chi connectivity index (χ1) is 45.9. The number of fused-ring (bicyclic) bond motifs is 8. The molecule has 514 valence electrons. The maximum atomic E-state index is 14.6. The van der Waals surface area contributed by atoms with Crippen molar-refractivity contribution in [3.63, 3.8) is 0 Å². The van der Waals surface area contributed by atoms with Crippen LogP contribution in [0, 0.1) is 17.5 Å². The van der Waals surface area contributed by atoms with Crippen molar-refractivity contribution in [2.45, 2.75) is 184 Å². The molecule has 10 aliphatic rings. The van der Waals surface area contributed by atoms with Crippen molar-refractivity contribution in [2.24, 2.45) is 0 Å². The maximum absolute atomic E-state index is 14.6. The molecule has 3 aromatic carbocycles. The first-order valence-electron chi connectivity index (χ1n) is 35.1. The number of rotatable bonds is 9. The number of halogens is 3. The number of amides is 6. The number of anilines is 3. The van der Waals surface area contributed by atoms with Crippen LogP contribution in [0.3, 0.4) is 0 Å². The second-order valence-electron chi connectivity index (χ2n) is 28.0. The van der Waals surface area contributed by atoms with Gasteiger partial charge in [-0.25, -0.2) is 27.6 Å². The number of benzene rings is 3. The molecule has 3 spiro atoms. The van der Waals surface area contributed by atoms with Crippen molar-refractivity contribution < 1.29 is 60.7 Å². The van der Waals surface area contributed by atoms with Gasteiger partial charge in [0.15, 0.2) is 0 Å². The first kappa shape index (κ1) is 67.7. The third-order valence-corrected chi connectivity index (χ3v) is 22.9. The smallest absolute Gasteiger partial charge is 0.410 e. The van der Waals surface area contributed by atoms with Gasteiger partial charge in [-0.05, 0) is 216 Å². The van der Waals surface area contributed by atoms with Gasteiger partial charge in [-0.15, -0.1) is 0 Å². The van der Waals surface area contributed by atoms with Gasteiger partial charge >= 0.3 is 18.3 Å². The molecule has 7 fully saturated rings. The predicted molar refractivity (Wildman–Crippen MR) is 352 cm³/mol. The lowest BCUT2D eigenvalue weighted by Gasteiger charge is -2.47. The number of piperidine rings is 6. The molecule has 2 unspecified atom stereocenters. The molecular weight excluding hydrogens is 1220 g/mol. The monoisotopic (exact) mass is 1320 g/mol. The Bertz CT molecular complexity index is 3390. The minimum atomic E-state index is -0.296. The van der Waals surface area contributed by atoms with Crippen molar-refractivity contribution in [2.75, 3.05) is 120 Å². The van der Waals surface area contributed by atoms with Gasteiger partial charge in [-0.2, -0.15) is 0 Å². The molecule has 20 nitrogen and oxygen atoms in total. The number of hydrogen-bond donors (Lipinski definition) is 0. The fraction of sp³-hybridized carbons (Fsp3) is 0.625. The SMILES string of the molecule is CCCC(=O)N1CC2(CCN(C3CCN(C(=O)OCC)CC3)CC2)c2cc(F)ccc21.CCOC(=O)N1C2CCC1CC(N1CCC3(CC1)CN(C(C)=O)c1c(F)cccc13)C2.CCOC(=O)N1CCC(N2CCC3(CC2)CN(C(=O)c2ccno2)c2ccc(F)cc23)CC1. The summed E-state index contributed by atoms with van der Waals surface area (Å²) in [5, 5.41) is 3.66. The Morgan fingerprint density at radius 1 is 0.516 bits per heavy atom. The van der Waals surface area contributed by atoms with Crippen LogP contribution in [-0.4, -0.2) is 206 Å². The molecule has 4 aromatic rings. The van der Waals surface area contributed by atoms with Crippen LogP contribution in [0.2, 0.25) is 0 Å². The maximum Gasteiger partial charge on any atom is 0.410 e. The Hall–Kier alpha value is -7.24. The molecular formula is C72H95F3N10O10. The Labute approximate surface area is 556 Å². The largest absolute Gasteiger partial charge is 0.450 e. The third-order valence-electron chi connectivity index (χ3n) is 22.9. The first-order valence-corrected chi connectivity index (χ1v) is 35.1. The zero-order chi connectivity index (χ0) is 66.8. The quantitative estimate of drug-likeness (QED) is 0.144. The van der Waals surface area contributed by atoms with E-state index in [-0.39, 0.29) is 87.5 Å². The standard InChI is InChI=1S/C24H29FN4O4.C24H32FN3O3.C24H34FN3O3/c1-2-32-23(31)28-11-6-18(7-12-28)27-13-8-24(9-14-27)16-29(22(30)21-5-10-26-33-21)20-4-3-17(25)15-19(20)24;1-3-31-23(30)28-17-7-8-18(28)14-19(13-17)26-11-9-24(10-12-26)15-27(16(2)29)22-20(24)5-4-6-21(22)25;1-3-5-22(29)28-17-24(20-16-18(25)6-7-21(20)28)10-14-26(15-11-24)19-8-12-27(13-9-19)23(30)31-4-2/h3-5,10,15,18H,2,6-9,11-14,16H2,1H3;4-6,17-19H,3,7-15H2,1-2H3;6-7,16,19H,3-5,8-15,17H2,1-2H3. The van der Waals surface area contributed by atoms with Gasteiger partial charge in [0.05, 0.1) is 31.7 Å².